The van der Waals surface area contributed by atoms with Crippen molar-refractivity contribution < 1.29 is 26.3 Å². The maximum atomic E-state index is 13.0. The van der Waals surface area contributed by atoms with Crippen molar-refractivity contribution in [2.45, 2.75) is 36.0 Å². The lowest BCUT2D eigenvalue weighted by Gasteiger charge is -2.26. The molecule has 0 aromatic heterocycles. The predicted octanol–water partition coefficient (Wildman–Crippen LogP) is 3.00. The van der Waals surface area contributed by atoms with Gasteiger partial charge in [-0.1, -0.05) is 12.5 Å². The molecule has 1 heterocycles. The summed E-state index contributed by atoms with van der Waals surface area (Å²) < 4.78 is 66.0. The lowest BCUT2D eigenvalue weighted by atomic mass is 10.2. The minimum Gasteiger partial charge on any atom is -0.491 e. The summed E-state index contributed by atoms with van der Waals surface area (Å²) in [5.41, 5.74) is 0.860. The normalized spacial score (nSPS) is 15.5. The van der Waals surface area contributed by atoms with Gasteiger partial charge in [0.2, 0.25) is 10.0 Å². The van der Waals surface area contributed by atoms with Crippen LogP contribution in [0.2, 0.25) is 0 Å². The van der Waals surface area contributed by atoms with Gasteiger partial charge in [0.05, 0.1) is 22.1 Å². The first-order valence-corrected chi connectivity index (χ1v) is 13.0. The smallest absolute Gasteiger partial charge is 0.261 e. The Morgan fingerprint density at radius 3 is 2.19 bits per heavy atom. The molecule has 8 nitrogen and oxygen atoms in total. The maximum absolute atomic E-state index is 13.0. The molecule has 0 aliphatic carbocycles. The molecule has 31 heavy (non-hydrogen) atoms. The highest BCUT2D eigenvalue weighted by atomic mass is 32.2. The number of aryl methyl sites for hydroxylation is 1. The zero-order chi connectivity index (χ0) is 22.5. The predicted molar refractivity (Wildman–Crippen MR) is 118 cm³/mol. The molecule has 0 saturated carbocycles. The zero-order valence-corrected chi connectivity index (χ0v) is 19.3. The molecule has 1 fully saturated rings. The number of nitrogens with zero attached hydrogens (tertiary/aromatic N) is 1. The molecule has 0 atom stereocenters. The molecule has 2 aromatic rings. The molecule has 10 heteroatoms. The van der Waals surface area contributed by atoms with Crippen LogP contribution in [0.4, 0.5) is 5.69 Å². The Hall–Kier alpha value is -2.14. The van der Waals surface area contributed by atoms with Crippen LogP contribution in [0.25, 0.3) is 0 Å². The number of hydrogen-bond donors (Lipinski definition) is 1. The molecule has 0 bridgehead atoms. The molecule has 1 saturated heterocycles. The molecule has 1 N–H and O–H groups in total. The summed E-state index contributed by atoms with van der Waals surface area (Å²) in [5, 5.41) is 0. The van der Waals surface area contributed by atoms with Crippen molar-refractivity contribution in [2.24, 2.45) is 0 Å². The number of benzene rings is 2. The monoisotopic (exact) mass is 468 g/mol. The van der Waals surface area contributed by atoms with Crippen LogP contribution in [0.1, 0.15) is 24.8 Å². The summed E-state index contributed by atoms with van der Waals surface area (Å²) in [5.74, 6) is 0.529. The number of anilines is 1. The molecule has 1 aliphatic rings. The van der Waals surface area contributed by atoms with Crippen molar-refractivity contribution in [3.8, 4) is 5.75 Å². The highest BCUT2D eigenvalue weighted by Gasteiger charge is 2.27. The van der Waals surface area contributed by atoms with Crippen LogP contribution in [0.15, 0.2) is 52.3 Å². The van der Waals surface area contributed by atoms with Crippen molar-refractivity contribution in [2.75, 3.05) is 38.1 Å². The Bertz CT molecular complexity index is 1090. The fourth-order valence-electron chi connectivity index (χ4n) is 3.29. The van der Waals surface area contributed by atoms with Crippen LogP contribution in [0, 0.1) is 6.92 Å². The van der Waals surface area contributed by atoms with Crippen LogP contribution < -0.4 is 9.46 Å². The Labute approximate surface area is 184 Å². The van der Waals surface area contributed by atoms with Crippen molar-refractivity contribution in [3.63, 3.8) is 0 Å². The van der Waals surface area contributed by atoms with Gasteiger partial charge in [-0.3, -0.25) is 4.72 Å². The summed E-state index contributed by atoms with van der Waals surface area (Å²) >= 11 is 0. The van der Waals surface area contributed by atoms with Gasteiger partial charge in [-0.25, -0.2) is 16.8 Å². The number of piperidine rings is 1. The van der Waals surface area contributed by atoms with E-state index >= 15 is 0 Å². The topological polar surface area (TPSA) is 102 Å². The highest BCUT2D eigenvalue weighted by Crippen LogP contribution is 2.27. The Balaban J connectivity index is 1.80. The van der Waals surface area contributed by atoms with E-state index in [1.807, 2.05) is 0 Å². The summed E-state index contributed by atoms with van der Waals surface area (Å²) in [6, 6.07) is 10.5. The van der Waals surface area contributed by atoms with Crippen molar-refractivity contribution >= 4 is 25.7 Å². The van der Waals surface area contributed by atoms with E-state index in [9.17, 15) is 16.8 Å². The second kappa shape index (κ2) is 9.99. The number of sulfonamides is 2. The average Bonchev–Trinajstić information content (AvgIpc) is 2.76. The van der Waals surface area contributed by atoms with Gasteiger partial charge in [-0.2, -0.15) is 4.31 Å². The third kappa shape index (κ3) is 5.76. The number of ether oxygens (including phenoxy) is 2. The van der Waals surface area contributed by atoms with Crippen LogP contribution in [0.5, 0.6) is 5.75 Å². The second-order valence-electron chi connectivity index (χ2n) is 7.36. The zero-order valence-electron chi connectivity index (χ0n) is 17.7. The molecule has 170 valence electrons. The van der Waals surface area contributed by atoms with E-state index in [0.717, 1.165) is 19.3 Å². The summed E-state index contributed by atoms with van der Waals surface area (Å²) in [4.78, 5) is 0.134. The number of hydrogen-bond acceptors (Lipinski definition) is 6. The van der Waals surface area contributed by atoms with E-state index in [1.54, 1.807) is 32.2 Å². The number of nitrogens with one attached hydrogen (secondary N) is 1. The minimum atomic E-state index is -3.90. The van der Waals surface area contributed by atoms with Crippen molar-refractivity contribution in [1.29, 1.82) is 0 Å². The SMILES string of the molecule is COCCOc1ccc(S(=O)(=O)Nc2cc(S(=O)(=O)N3CCCCC3)ccc2C)cc1. The van der Waals surface area contributed by atoms with Gasteiger partial charge in [-0.05, 0) is 61.7 Å². The van der Waals surface area contributed by atoms with Crippen LogP contribution >= 0.6 is 0 Å². The Kier molecular flexibility index (Phi) is 7.58. The van der Waals surface area contributed by atoms with E-state index in [0.29, 0.717) is 37.6 Å². The van der Waals surface area contributed by atoms with Crippen molar-refractivity contribution in [3.05, 3.63) is 48.0 Å². The van der Waals surface area contributed by atoms with E-state index in [2.05, 4.69) is 4.72 Å². The Morgan fingerprint density at radius 2 is 1.55 bits per heavy atom. The standard InChI is InChI=1S/C21H28N2O6S2/c1-17-6-9-20(31(26,27)23-12-4-3-5-13-23)16-21(17)22-30(24,25)19-10-7-18(8-11-19)29-15-14-28-2/h6-11,16,22H,3-5,12-15H2,1-2H3. The first-order chi connectivity index (χ1) is 14.7. The van der Waals surface area contributed by atoms with Gasteiger partial charge < -0.3 is 9.47 Å². The minimum absolute atomic E-state index is 0.0512. The second-order valence-corrected chi connectivity index (χ2v) is 11.0. The fourth-order valence-corrected chi connectivity index (χ4v) is 5.95. The number of methoxy groups -OCH3 is 1. The lowest BCUT2D eigenvalue weighted by Crippen LogP contribution is -2.35. The maximum Gasteiger partial charge on any atom is 0.261 e. The molecule has 3 rings (SSSR count). The molecular formula is C21H28N2O6S2. The summed E-state index contributed by atoms with van der Waals surface area (Å²) in [7, 11) is -6.00. The van der Waals surface area contributed by atoms with Crippen LogP contribution in [-0.4, -0.2) is 54.6 Å². The lowest BCUT2D eigenvalue weighted by molar-refractivity contribution is 0.146. The van der Waals surface area contributed by atoms with Gasteiger partial charge in [0.15, 0.2) is 0 Å². The molecule has 0 amide bonds. The average molecular weight is 469 g/mol. The van der Waals surface area contributed by atoms with Crippen LogP contribution in [-0.2, 0) is 24.8 Å². The van der Waals surface area contributed by atoms with E-state index in [1.165, 1.54) is 28.6 Å². The van der Waals surface area contributed by atoms with E-state index in [-0.39, 0.29) is 15.5 Å². The molecule has 0 unspecified atom stereocenters. The first kappa shape index (κ1) is 23.5. The third-order valence-electron chi connectivity index (χ3n) is 5.10. The molecule has 1 aliphatic heterocycles. The van der Waals surface area contributed by atoms with Gasteiger partial charge in [0.1, 0.15) is 12.4 Å². The summed E-state index contributed by atoms with van der Waals surface area (Å²) in [6.07, 6.45) is 2.67. The van der Waals surface area contributed by atoms with Gasteiger partial charge >= 0.3 is 0 Å². The molecule has 2 aromatic carbocycles. The molecular weight excluding hydrogens is 440 g/mol. The molecule has 0 spiro atoms. The first-order valence-electron chi connectivity index (χ1n) is 10.1. The number of rotatable bonds is 9. The van der Waals surface area contributed by atoms with Gasteiger partial charge in [-0.15, -0.1) is 0 Å². The third-order valence-corrected chi connectivity index (χ3v) is 8.37. The highest BCUT2D eigenvalue weighted by molar-refractivity contribution is 7.92. The van der Waals surface area contributed by atoms with Crippen LogP contribution in [0.3, 0.4) is 0 Å². The van der Waals surface area contributed by atoms with Gasteiger partial charge in [0.25, 0.3) is 10.0 Å². The fraction of sp³-hybridized carbons (Fsp3) is 0.429. The van der Waals surface area contributed by atoms with E-state index < -0.39 is 20.0 Å². The van der Waals surface area contributed by atoms with Crippen molar-refractivity contribution in [1.82, 2.24) is 4.31 Å². The Morgan fingerprint density at radius 1 is 0.903 bits per heavy atom. The van der Waals surface area contributed by atoms with Gasteiger partial charge in [0, 0.05) is 20.2 Å². The summed E-state index contributed by atoms with van der Waals surface area (Å²) in [6.45, 7) is 3.48. The van der Waals surface area contributed by atoms with E-state index in [4.69, 9.17) is 9.47 Å². The largest absolute Gasteiger partial charge is 0.491 e. The molecule has 0 radical (unpaired) electrons. The quantitative estimate of drug-likeness (QED) is 0.568.